The van der Waals surface area contributed by atoms with E-state index in [0.29, 0.717) is 17.0 Å². The van der Waals surface area contributed by atoms with Crippen LogP contribution in [0.3, 0.4) is 0 Å². The molecule has 0 aliphatic heterocycles. The van der Waals surface area contributed by atoms with Crippen molar-refractivity contribution in [2.45, 2.75) is 71.6 Å². The number of aromatic nitrogens is 2. The molecule has 0 spiro atoms. The second-order valence-electron chi connectivity index (χ2n) is 15.8. The molecule has 0 saturated heterocycles. The molecule has 0 fully saturated rings. The molecule has 2 aromatic heterocycles. The zero-order valence-electron chi connectivity index (χ0n) is 29.7. The fourth-order valence-electron chi connectivity index (χ4n) is 6.79. The van der Waals surface area contributed by atoms with E-state index in [4.69, 9.17) is 14.4 Å². The highest BCUT2D eigenvalue weighted by Crippen LogP contribution is 2.43. The summed E-state index contributed by atoms with van der Waals surface area (Å²) in [4.78, 5) is 10.0. The van der Waals surface area contributed by atoms with Gasteiger partial charge in [0.25, 0.3) is 0 Å². The second kappa shape index (κ2) is 11.7. The Bertz CT molecular complexity index is 2330. The van der Waals surface area contributed by atoms with Crippen LogP contribution in [0.5, 0.6) is 5.75 Å². The van der Waals surface area contributed by atoms with E-state index >= 15 is 0 Å². The number of para-hydroxylation sites is 2. The predicted molar refractivity (Wildman–Crippen MR) is 203 cm³/mol. The normalized spacial score (nSPS) is 12.6. The fraction of sp³-hybridized carbons (Fsp3) is 0.244. The van der Waals surface area contributed by atoms with Gasteiger partial charge in [0.1, 0.15) is 11.3 Å². The minimum atomic E-state index is -0.234. The highest BCUT2D eigenvalue weighted by molar-refractivity contribution is 5.99. The van der Waals surface area contributed by atoms with Gasteiger partial charge in [-0.3, -0.25) is 4.98 Å². The lowest BCUT2D eigenvalue weighted by Crippen LogP contribution is -2.20. The Morgan fingerprint density at radius 1 is 0.551 bits per heavy atom. The van der Waals surface area contributed by atoms with Crippen molar-refractivity contribution in [1.82, 2.24) is 9.97 Å². The van der Waals surface area contributed by atoms with Gasteiger partial charge >= 0.3 is 0 Å². The van der Waals surface area contributed by atoms with E-state index in [1.165, 1.54) is 27.6 Å². The molecular weight excluding hydrogens is 601 g/mol. The molecule has 0 aliphatic rings. The summed E-state index contributed by atoms with van der Waals surface area (Å²) in [6.07, 6.45) is 1.97. The van der Waals surface area contributed by atoms with E-state index in [9.17, 15) is 5.11 Å². The third-order valence-corrected chi connectivity index (χ3v) is 9.85. The van der Waals surface area contributed by atoms with Crippen LogP contribution >= 0.6 is 0 Å². The third-order valence-electron chi connectivity index (χ3n) is 9.85. The minimum absolute atomic E-state index is 0.0802. The van der Waals surface area contributed by atoms with Gasteiger partial charge in [-0.05, 0) is 86.7 Å². The van der Waals surface area contributed by atoms with Gasteiger partial charge in [-0.15, -0.1) is 0 Å². The van der Waals surface area contributed by atoms with Crippen LogP contribution in [-0.2, 0) is 16.2 Å². The van der Waals surface area contributed by atoms with Crippen molar-refractivity contribution in [2.24, 2.45) is 0 Å². The first-order valence-electron chi connectivity index (χ1n) is 17.1. The van der Waals surface area contributed by atoms with Crippen LogP contribution in [0, 0.1) is 0 Å². The number of fused-ring (bicyclic) bond motifs is 2. The molecule has 49 heavy (non-hydrogen) atoms. The number of oxazole rings is 1. The Balaban J connectivity index is 1.49. The molecule has 7 rings (SSSR count). The van der Waals surface area contributed by atoms with Crippen molar-refractivity contribution in [3.8, 4) is 39.5 Å². The maximum Gasteiger partial charge on any atom is 0.231 e. The Kier molecular flexibility index (Phi) is 7.74. The van der Waals surface area contributed by atoms with Gasteiger partial charge < -0.3 is 9.52 Å². The molecule has 4 nitrogen and oxygen atoms in total. The highest BCUT2D eigenvalue weighted by Gasteiger charge is 2.28. The number of benzene rings is 5. The number of rotatable bonds is 5. The van der Waals surface area contributed by atoms with Crippen LogP contribution in [0.15, 0.2) is 120 Å². The summed E-state index contributed by atoms with van der Waals surface area (Å²) in [5, 5.41) is 11.7. The maximum atomic E-state index is 10.6. The zero-order chi connectivity index (χ0) is 34.7. The first-order valence-corrected chi connectivity index (χ1v) is 17.1. The lowest BCUT2D eigenvalue weighted by Gasteiger charge is -2.29. The first kappa shape index (κ1) is 32.3. The molecule has 5 aromatic carbocycles. The molecule has 2 heterocycles. The summed E-state index contributed by atoms with van der Waals surface area (Å²) in [6, 6.07) is 37.7. The molecule has 4 heteroatoms. The fourth-order valence-corrected chi connectivity index (χ4v) is 6.79. The molecule has 0 saturated carbocycles. The Morgan fingerprint density at radius 2 is 1.18 bits per heavy atom. The topological polar surface area (TPSA) is 59.2 Å². The molecule has 7 aromatic rings. The van der Waals surface area contributed by atoms with Gasteiger partial charge in [-0.25, -0.2) is 4.98 Å². The average molecular weight is 645 g/mol. The van der Waals surface area contributed by atoms with Crippen molar-refractivity contribution < 1.29 is 9.52 Å². The molecule has 0 aliphatic carbocycles. The lowest BCUT2D eigenvalue weighted by atomic mass is 9.75. The van der Waals surface area contributed by atoms with E-state index in [0.717, 1.165) is 33.3 Å². The Hall–Kier alpha value is -5.22. The standard InChI is InChI=1S/C45H44N2O2/c1-43(2,3)31-24-28(33-18-14-20-39-41(33)47-42(49-39)34-17-12-13-19-38(34)48)23-29(25-31)35-26-32(44(4,5)6)27-36-37(21-22-46-40(35)36)45(7,8)30-15-10-9-11-16-30/h9-27,48H,1-8H3. The number of hydrogen-bond donors (Lipinski definition) is 1. The number of aromatic hydroxyl groups is 1. The van der Waals surface area contributed by atoms with Crippen molar-refractivity contribution in [3.05, 3.63) is 138 Å². The van der Waals surface area contributed by atoms with Gasteiger partial charge in [-0.2, -0.15) is 0 Å². The van der Waals surface area contributed by atoms with Crippen LogP contribution in [0.2, 0.25) is 0 Å². The average Bonchev–Trinajstić information content (AvgIpc) is 3.51. The third kappa shape index (κ3) is 5.90. The van der Waals surface area contributed by atoms with Crippen molar-refractivity contribution >= 4 is 22.0 Å². The predicted octanol–water partition coefficient (Wildman–Crippen LogP) is 12.0. The van der Waals surface area contributed by atoms with Gasteiger partial charge in [-0.1, -0.05) is 122 Å². The van der Waals surface area contributed by atoms with Crippen molar-refractivity contribution in [2.75, 3.05) is 0 Å². The summed E-state index contributed by atoms with van der Waals surface area (Å²) < 4.78 is 6.22. The largest absolute Gasteiger partial charge is 0.507 e. The molecule has 0 atom stereocenters. The molecule has 1 N–H and O–H groups in total. The Labute approximate surface area is 289 Å². The van der Waals surface area contributed by atoms with E-state index < -0.39 is 0 Å². The van der Waals surface area contributed by atoms with Crippen LogP contribution in [0.25, 0.3) is 55.7 Å². The quantitative estimate of drug-likeness (QED) is 0.203. The molecule has 0 unspecified atom stereocenters. The molecular formula is C45H44N2O2. The van der Waals surface area contributed by atoms with E-state index in [2.05, 4.69) is 128 Å². The number of pyridine rings is 1. The van der Waals surface area contributed by atoms with Gasteiger partial charge in [0.15, 0.2) is 5.58 Å². The summed E-state index contributed by atoms with van der Waals surface area (Å²) in [5.41, 5.74) is 11.8. The van der Waals surface area contributed by atoms with Crippen LogP contribution < -0.4 is 0 Å². The number of phenolic OH excluding ortho intramolecular Hbond substituents is 1. The SMILES string of the molecule is CC(C)(C)c1cc(-c2cccc3oc(-c4ccccc4O)nc23)cc(-c2cc(C(C)(C)C)cc3c(C(C)(C)c4ccccc4)ccnc23)c1. The zero-order valence-corrected chi connectivity index (χ0v) is 29.7. The summed E-state index contributed by atoms with van der Waals surface area (Å²) >= 11 is 0. The summed E-state index contributed by atoms with van der Waals surface area (Å²) in [7, 11) is 0. The molecule has 0 amide bonds. The molecule has 246 valence electrons. The van der Waals surface area contributed by atoms with Crippen molar-refractivity contribution in [3.63, 3.8) is 0 Å². The summed E-state index contributed by atoms with van der Waals surface area (Å²) in [5.74, 6) is 0.537. The van der Waals surface area contributed by atoms with Gasteiger partial charge in [0, 0.05) is 28.1 Å². The van der Waals surface area contributed by atoms with E-state index in [1.807, 2.05) is 30.5 Å². The highest BCUT2D eigenvalue weighted by atomic mass is 16.3. The van der Waals surface area contributed by atoms with Crippen LogP contribution in [-0.4, -0.2) is 15.1 Å². The van der Waals surface area contributed by atoms with Crippen LogP contribution in [0.1, 0.15) is 77.6 Å². The first-order chi connectivity index (χ1) is 23.2. The van der Waals surface area contributed by atoms with Gasteiger partial charge in [0.05, 0.1) is 11.1 Å². The van der Waals surface area contributed by atoms with Gasteiger partial charge in [0.2, 0.25) is 5.89 Å². The van der Waals surface area contributed by atoms with Crippen LogP contribution in [0.4, 0.5) is 0 Å². The summed E-state index contributed by atoms with van der Waals surface area (Å²) in [6.45, 7) is 18.2. The molecule has 0 radical (unpaired) electrons. The number of hydrogen-bond acceptors (Lipinski definition) is 4. The van der Waals surface area contributed by atoms with E-state index in [1.54, 1.807) is 12.1 Å². The lowest BCUT2D eigenvalue weighted by molar-refractivity contribution is 0.474. The Morgan fingerprint density at radius 3 is 1.88 bits per heavy atom. The smallest absolute Gasteiger partial charge is 0.231 e. The second-order valence-corrected chi connectivity index (χ2v) is 15.8. The van der Waals surface area contributed by atoms with E-state index in [-0.39, 0.29) is 22.0 Å². The number of nitrogens with zero attached hydrogens (tertiary/aromatic N) is 2. The maximum absolute atomic E-state index is 10.6. The molecule has 0 bridgehead atoms. The minimum Gasteiger partial charge on any atom is -0.507 e. The van der Waals surface area contributed by atoms with Crippen molar-refractivity contribution in [1.29, 1.82) is 0 Å². The monoisotopic (exact) mass is 644 g/mol. The number of phenols is 1.